The van der Waals surface area contributed by atoms with Crippen molar-refractivity contribution in [2.75, 3.05) is 6.26 Å². The van der Waals surface area contributed by atoms with Crippen molar-refractivity contribution in [3.63, 3.8) is 0 Å². The van der Waals surface area contributed by atoms with Crippen LogP contribution in [-0.2, 0) is 4.79 Å². The first-order chi connectivity index (χ1) is 6.04. The Morgan fingerprint density at radius 3 is 2.08 bits per heavy atom. The lowest BCUT2D eigenvalue weighted by Gasteiger charge is -2.52. The van der Waals surface area contributed by atoms with Gasteiger partial charge in [-0.05, 0) is 24.5 Å². The predicted molar refractivity (Wildman–Crippen MR) is 56.1 cm³/mol. The zero-order valence-electron chi connectivity index (χ0n) is 8.59. The molecule has 3 heteroatoms. The van der Waals surface area contributed by atoms with Crippen molar-refractivity contribution in [2.24, 2.45) is 5.41 Å². The summed E-state index contributed by atoms with van der Waals surface area (Å²) < 4.78 is -0.466. The number of hydrogen-bond donors (Lipinski definition) is 1. The first kappa shape index (κ1) is 10.9. The average Bonchev–Trinajstić information content (AvgIpc) is 2.05. The van der Waals surface area contributed by atoms with Crippen molar-refractivity contribution < 1.29 is 9.90 Å². The Hall–Kier alpha value is -0.180. The van der Waals surface area contributed by atoms with Crippen LogP contribution in [0, 0.1) is 5.41 Å². The molecule has 13 heavy (non-hydrogen) atoms. The molecule has 0 aromatic rings. The van der Waals surface area contributed by atoms with Crippen molar-refractivity contribution in [3.8, 4) is 0 Å². The third-order valence-electron chi connectivity index (χ3n) is 3.60. The number of hydrogen-bond acceptors (Lipinski definition) is 2. The number of aliphatic carboxylic acids is 1. The summed E-state index contributed by atoms with van der Waals surface area (Å²) in [5, 5.41) is 9.09. The summed E-state index contributed by atoms with van der Waals surface area (Å²) >= 11 is 1.50. The van der Waals surface area contributed by atoms with Crippen LogP contribution in [0.2, 0.25) is 0 Å². The number of rotatable bonds is 4. The summed E-state index contributed by atoms with van der Waals surface area (Å²) in [6, 6.07) is 0. The van der Waals surface area contributed by atoms with E-state index in [-0.39, 0.29) is 0 Å². The van der Waals surface area contributed by atoms with Crippen LogP contribution < -0.4 is 0 Å². The van der Waals surface area contributed by atoms with E-state index < -0.39 is 10.7 Å². The summed E-state index contributed by atoms with van der Waals surface area (Å²) in [6.07, 6.45) is 5.83. The number of carbonyl (C=O) groups is 1. The van der Waals surface area contributed by atoms with E-state index in [1.54, 1.807) is 0 Å². The molecule has 1 aliphatic carbocycles. The quantitative estimate of drug-likeness (QED) is 0.761. The Kier molecular flexibility index (Phi) is 2.95. The molecular formula is C10H18O2S. The van der Waals surface area contributed by atoms with Gasteiger partial charge in [0.1, 0.15) is 4.75 Å². The maximum Gasteiger partial charge on any atom is 0.319 e. The van der Waals surface area contributed by atoms with Crippen molar-refractivity contribution in [3.05, 3.63) is 0 Å². The minimum absolute atomic E-state index is 0.321. The first-order valence-electron chi connectivity index (χ1n) is 4.83. The average molecular weight is 202 g/mol. The summed E-state index contributed by atoms with van der Waals surface area (Å²) in [5.74, 6) is -0.627. The molecule has 1 rings (SSSR count). The molecule has 0 bridgehead atoms. The van der Waals surface area contributed by atoms with Crippen molar-refractivity contribution in [1.29, 1.82) is 0 Å². The molecule has 1 saturated carbocycles. The van der Waals surface area contributed by atoms with E-state index >= 15 is 0 Å². The van der Waals surface area contributed by atoms with Gasteiger partial charge in [0, 0.05) is 0 Å². The minimum Gasteiger partial charge on any atom is -0.480 e. The Bertz CT molecular complexity index is 201. The third kappa shape index (κ3) is 1.58. The van der Waals surface area contributed by atoms with Crippen LogP contribution in [0.1, 0.15) is 39.5 Å². The summed E-state index contributed by atoms with van der Waals surface area (Å²) in [5.41, 5.74) is 0.321. The van der Waals surface area contributed by atoms with Gasteiger partial charge in [-0.1, -0.05) is 26.7 Å². The van der Waals surface area contributed by atoms with E-state index in [1.165, 1.54) is 11.8 Å². The lowest BCUT2D eigenvalue weighted by Crippen LogP contribution is -2.54. The molecule has 2 nitrogen and oxygen atoms in total. The van der Waals surface area contributed by atoms with E-state index in [0.29, 0.717) is 5.41 Å². The predicted octanol–water partition coefficient (Wildman–Crippen LogP) is 2.77. The van der Waals surface area contributed by atoms with Crippen LogP contribution in [0.15, 0.2) is 0 Å². The molecule has 0 spiro atoms. The van der Waals surface area contributed by atoms with Crippen LogP contribution in [-0.4, -0.2) is 22.1 Å². The van der Waals surface area contributed by atoms with Gasteiger partial charge in [0.05, 0.1) is 0 Å². The highest BCUT2D eigenvalue weighted by Crippen LogP contribution is 2.58. The van der Waals surface area contributed by atoms with Gasteiger partial charge >= 0.3 is 5.97 Å². The summed E-state index contributed by atoms with van der Waals surface area (Å²) in [6.45, 7) is 4.32. The molecule has 0 atom stereocenters. The first-order valence-corrected chi connectivity index (χ1v) is 6.05. The molecule has 0 amide bonds. The highest BCUT2D eigenvalue weighted by atomic mass is 32.2. The molecule has 1 fully saturated rings. The topological polar surface area (TPSA) is 37.3 Å². The molecule has 0 aliphatic heterocycles. The molecule has 0 aromatic heterocycles. The van der Waals surface area contributed by atoms with Gasteiger partial charge in [-0.3, -0.25) is 4.79 Å². The maximum atomic E-state index is 11.0. The lowest BCUT2D eigenvalue weighted by molar-refractivity contribution is -0.147. The molecule has 1 N–H and O–H groups in total. The molecule has 0 unspecified atom stereocenters. The van der Waals surface area contributed by atoms with Crippen molar-refractivity contribution in [1.82, 2.24) is 0 Å². The van der Waals surface area contributed by atoms with Gasteiger partial charge in [0.25, 0.3) is 0 Å². The van der Waals surface area contributed by atoms with E-state index in [0.717, 1.165) is 25.7 Å². The van der Waals surface area contributed by atoms with Crippen molar-refractivity contribution in [2.45, 2.75) is 44.3 Å². The van der Waals surface area contributed by atoms with Crippen molar-refractivity contribution >= 4 is 17.7 Å². The van der Waals surface area contributed by atoms with Gasteiger partial charge in [-0.25, -0.2) is 0 Å². The van der Waals surface area contributed by atoms with Gasteiger partial charge in [-0.2, -0.15) is 0 Å². The second-order valence-electron chi connectivity index (χ2n) is 4.06. The fourth-order valence-electron chi connectivity index (χ4n) is 2.29. The second kappa shape index (κ2) is 3.52. The van der Waals surface area contributed by atoms with Gasteiger partial charge < -0.3 is 5.11 Å². The number of thioether (sulfide) groups is 1. The largest absolute Gasteiger partial charge is 0.480 e. The van der Waals surface area contributed by atoms with E-state index in [1.807, 2.05) is 6.26 Å². The molecule has 1 aliphatic rings. The van der Waals surface area contributed by atoms with Gasteiger partial charge in [0.15, 0.2) is 0 Å². The Morgan fingerprint density at radius 1 is 1.38 bits per heavy atom. The maximum absolute atomic E-state index is 11.0. The Balaban J connectivity index is 2.67. The zero-order valence-corrected chi connectivity index (χ0v) is 9.41. The highest BCUT2D eigenvalue weighted by Gasteiger charge is 2.56. The summed E-state index contributed by atoms with van der Waals surface area (Å²) in [4.78, 5) is 11.0. The highest BCUT2D eigenvalue weighted by molar-refractivity contribution is 8.00. The molecule has 76 valence electrons. The second-order valence-corrected chi connectivity index (χ2v) is 5.25. The van der Waals surface area contributed by atoms with Crippen LogP contribution in [0.3, 0.4) is 0 Å². The zero-order chi connectivity index (χ0) is 10.1. The normalized spacial score (nSPS) is 23.6. The molecular weight excluding hydrogens is 184 g/mol. The van der Waals surface area contributed by atoms with Gasteiger partial charge in [0.2, 0.25) is 0 Å². The SMILES string of the molecule is CCC1(CC)CC(SC)(C(=O)O)C1. The smallest absolute Gasteiger partial charge is 0.319 e. The van der Waals surface area contributed by atoms with Gasteiger partial charge in [-0.15, -0.1) is 11.8 Å². The minimum atomic E-state index is -0.627. The Morgan fingerprint density at radius 2 is 1.85 bits per heavy atom. The van der Waals surface area contributed by atoms with Crippen LogP contribution >= 0.6 is 11.8 Å². The van der Waals surface area contributed by atoms with E-state index in [4.69, 9.17) is 5.11 Å². The molecule has 0 heterocycles. The number of carboxylic acid groups (broad SMARTS) is 1. The molecule has 0 aromatic carbocycles. The summed E-state index contributed by atoms with van der Waals surface area (Å²) in [7, 11) is 0. The van der Waals surface area contributed by atoms with Crippen LogP contribution in [0.5, 0.6) is 0 Å². The lowest BCUT2D eigenvalue weighted by atomic mass is 9.58. The molecule has 0 radical (unpaired) electrons. The fourth-order valence-corrected chi connectivity index (χ4v) is 3.37. The fraction of sp³-hybridized carbons (Fsp3) is 0.900. The standard InChI is InChI=1S/C10H18O2S/c1-4-9(5-2)6-10(7-9,13-3)8(11)12/h4-7H2,1-3H3,(H,11,12). The van der Waals surface area contributed by atoms with Crippen LogP contribution in [0.25, 0.3) is 0 Å². The van der Waals surface area contributed by atoms with E-state index in [9.17, 15) is 4.79 Å². The third-order valence-corrected chi connectivity index (χ3v) is 4.85. The van der Waals surface area contributed by atoms with Crippen LogP contribution in [0.4, 0.5) is 0 Å². The van der Waals surface area contributed by atoms with E-state index in [2.05, 4.69) is 13.8 Å². The number of carboxylic acids is 1. The molecule has 0 saturated heterocycles. The Labute approximate surface area is 84.1 Å². The monoisotopic (exact) mass is 202 g/mol.